The SMILES string of the molecule is COC(=O)[C@@H]1CCCN1C(=O)[C@H](C)CC(C)=O. The van der Waals surface area contributed by atoms with Gasteiger partial charge in [0, 0.05) is 18.9 Å². The van der Waals surface area contributed by atoms with E-state index in [-0.39, 0.29) is 30.0 Å². The molecule has 1 heterocycles. The van der Waals surface area contributed by atoms with Crippen molar-refractivity contribution in [1.29, 1.82) is 0 Å². The summed E-state index contributed by atoms with van der Waals surface area (Å²) in [6.45, 7) is 3.75. The Morgan fingerprint density at radius 1 is 1.41 bits per heavy atom. The Hall–Kier alpha value is -1.39. The molecule has 0 aliphatic carbocycles. The molecule has 1 aliphatic rings. The van der Waals surface area contributed by atoms with Gasteiger partial charge in [-0.15, -0.1) is 0 Å². The second-order valence-electron chi connectivity index (χ2n) is 4.52. The van der Waals surface area contributed by atoms with Crippen molar-refractivity contribution in [3.63, 3.8) is 0 Å². The van der Waals surface area contributed by atoms with E-state index in [1.165, 1.54) is 14.0 Å². The molecule has 5 nitrogen and oxygen atoms in total. The normalized spacial score (nSPS) is 21.1. The molecule has 1 amide bonds. The van der Waals surface area contributed by atoms with E-state index in [1.807, 2.05) is 0 Å². The lowest BCUT2D eigenvalue weighted by atomic mass is 10.0. The predicted molar refractivity (Wildman–Crippen MR) is 61.2 cm³/mol. The van der Waals surface area contributed by atoms with Crippen molar-refractivity contribution in [1.82, 2.24) is 4.90 Å². The fourth-order valence-electron chi connectivity index (χ4n) is 2.21. The minimum Gasteiger partial charge on any atom is -0.467 e. The summed E-state index contributed by atoms with van der Waals surface area (Å²) in [5.41, 5.74) is 0. The molecule has 0 saturated carbocycles. The summed E-state index contributed by atoms with van der Waals surface area (Å²) in [6.07, 6.45) is 1.67. The van der Waals surface area contributed by atoms with Crippen LogP contribution in [0.2, 0.25) is 0 Å². The number of carbonyl (C=O) groups is 3. The lowest BCUT2D eigenvalue weighted by molar-refractivity contribution is -0.152. The van der Waals surface area contributed by atoms with Crippen LogP contribution in [0.3, 0.4) is 0 Å². The van der Waals surface area contributed by atoms with E-state index in [0.29, 0.717) is 13.0 Å². The van der Waals surface area contributed by atoms with Crippen molar-refractivity contribution < 1.29 is 19.1 Å². The molecule has 2 atom stereocenters. The molecular formula is C12H19NO4. The van der Waals surface area contributed by atoms with E-state index in [1.54, 1.807) is 11.8 Å². The average molecular weight is 241 g/mol. The molecule has 1 saturated heterocycles. The number of esters is 1. The summed E-state index contributed by atoms with van der Waals surface area (Å²) in [6, 6.07) is -0.470. The number of nitrogens with zero attached hydrogens (tertiary/aromatic N) is 1. The Labute approximate surface area is 101 Å². The summed E-state index contributed by atoms with van der Waals surface area (Å²) >= 11 is 0. The smallest absolute Gasteiger partial charge is 0.328 e. The number of ketones is 1. The number of hydrogen-bond acceptors (Lipinski definition) is 4. The van der Waals surface area contributed by atoms with Crippen LogP contribution in [-0.2, 0) is 19.1 Å². The molecule has 5 heteroatoms. The fraction of sp³-hybridized carbons (Fsp3) is 0.750. The van der Waals surface area contributed by atoms with E-state index >= 15 is 0 Å². The van der Waals surface area contributed by atoms with Crippen LogP contribution < -0.4 is 0 Å². The summed E-state index contributed by atoms with van der Waals surface area (Å²) in [5.74, 6) is -0.878. The summed E-state index contributed by atoms with van der Waals surface area (Å²) in [7, 11) is 1.32. The number of ether oxygens (including phenoxy) is 1. The van der Waals surface area contributed by atoms with Crippen LogP contribution >= 0.6 is 0 Å². The second kappa shape index (κ2) is 5.80. The molecule has 1 fully saturated rings. The van der Waals surface area contributed by atoms with Gasteiger partial charge in [-0.1, -0.05) is 6.92 Å². The highest BCUT2D eigenvalue weighted by atomic mass is 16.5. The van der Waals surface area contributed by atoms with Crippen LogP contribution in [0.15, 0.2) is 0 Å². The Morgan fingerprint density at radius 3 is 2.59 bits per heavy atom. The van der Waals surface area contributed by atoms with Crippen molar-refractivity contribution in [2.45, 2.75) is 39.2 Å². The molecule has 0 spiro atoms. The van der Waals surface area contributed by atoms with Crippen LogP contribution in [-0.4, -0.2) is 42.3 Å². The van der Waals surface area contributed by atoms with Crippen molar-refractivity contribution in [2.75, 3.05) is 13.7 Å². The molecule has 1 aliphatic heterocycles. The first-order valence-corrected chi connectivity index (χ1v) is 5.85. The average Bonchev–Trinajstić information content (AvgIpc) is 2.74. The van der Waals surface area contributed by atoms with Crippen LogP contribution in [0.4, 0.5) is 0 Å². The number of likely N-dealkylation sites (tertiary alicyclic amines) is 1. The molecule has 0 unspecified atom stereocenters. The molecule has 0 aromatic heterocycles. The van der Waals surface area contributed by atoms with Gasteiger partial charge in [0.05, 0.1) is 7.11 Å². The molecule has 0 radical (unpaired) electrons. The molecule has 0 N–H and O–H groups in total. The zero-order chi connectivity index (χ0) is 13.0. The monoisotopic (exact) mass is 241 g/mol. The third kappa shape index (κ3) is 3.28. The number of amides is 1. The topological polar surface area (TPSA) is 63.7 Å². The zero-order valence-corrected chi connectivity index (χ0v) is 10.6. The second-order valence-corrected chi connectivity index (χ2v) is 4.52. The van der Waals surface area contributed by atoms with Gasteiger partial charge in [-0.3, -0.25) is 4.79 Å². The molecule has 17 heavy (non-hydrogen) atoms. The summed E-state index contributed by atoms with van der Waals surface area (Å²) < 4.78 is 4.68. The summed E-state index contributed by atoms with van der Waals surface area (Å²) in [5, 5.41) is 0. The Kier molecular flexibility index (Phi) is 4.66. The fourth-order valence-corrected chi connectivity index (χ4v) is 2.21. The maximum absolute atomic E-state index is 12.1. The highest BCUT2D eigenvalue weighted by Gasteiger charge is 2.36. The van der Waals surface area contributed by atoms with Gasteiger partial charge >= 0.3 is 5.97 Å². The maximum atomic E-state index is 12.1. The Balaban J connectivity index is 2.67. The zero-order valence-electron chi connectivity index (χ0n) is 10.6. The van der Waals surface area contributed by atoms with E-state index in [0.717, 1.165) is 6.42 Å². The van der Waals surface area contributed by atoms with E-state index < -0.39 is 6.04 Å². The maximum Gasteiger partial charge on any atom is 0.328 e. The molecule has 96 valence electrons. The predicted octanol–water partition coefficient (Wildman–Crippen LogP) is 0.766. The molecular weight excluding hydrogens is 222 g/mol. The first-order chi connectivity index (χ1) is 7.97. The minimum absolute atomic E-state index is 0.0142. The number of Topliss-reactive ketones (excluding diaryl/α,β-unsaturated/α-hetero) is 1. The third-order valence-electron chi connectivity index (χ3n) is 3.02. The number of methoxy groups -OCH3 is 1. The van der Waals surface area contributed by atoms with Gasteiger partial charge in [0.1, 0.15) is 11.8 Å². The van der Waals surface area contributed by atoms with Gasteiger partial charge in [-0.25, -0.2) is 4.79 Å². The minimum atomic E-state index is -0.470. The van der Waals surface area contributed by atoms with Crippen molar-refractivity contribution >= 4 is 17.7 Å². The van der Waals surface area contributed by atoms with Crippen LogP contribution in [0.5, 0.6) is 0 Å². The quantitative estimate of drug-likeness (QED) is 0.682. The van der Waals surface area contributed by atoms with Gasteiger partial charge in [0.2, 0.25) is 5.91 Å². The van der Waals surface area contributed by atoms with Crippen molar-refractivity contribution in [3.8, 4) is 0 Å². The molecule has 0 bridgehead atoms. The van der Waals surface area contributed by atoms with Gasteiger partial charge in [0.25, 0.3) is 0 Å². The molecule has 1 rings (SSSR count). The van der Waals surface area contributed by atoms with Gasteiger partial charge in [-0.2, -0.15) is 0 Å². The van der Waals surface area contributed by atoms with E-state index in [2.05, 4.69) is 4.74 Å². The van der Waals surface area contributed by atoms with Gasteiger partial charge in [-0.05, 0) is 19.8 Å². The van der Waals surface area contributed by atoms with Crippen LogP contribution in [0.1, 0.15) is 33.1 Å². The number of carbonyl (C=O) groups excluding carboxylic acids is 3. The first-order valence-electron chi connectivity index (χ1n) is 5.85. The van der Waals surface area contributed by atoms with Gasteiger partial charge in [0.15, 0.2) is 0 Å². The number of hydrogen-bond donors (Lipinski definition) is 0. The van der Waals surface area contributed by atoms with Crippen molar-refractivity contribution in [2.24, 2.45) is 5.92 Å². The van der Waals surface area contributed by atoms with Crippen LogP contribution in [0, 0.1) is 5.92 Å². The van der Waals surface area contributed by atoms with E-state index in [9.17, 15) is 14.4 Å². The highest BCUT2D eigenvalue weighted by Crippen LogP contribution is 2.21. The lowest BCUT2D eigenvalue weighted by Gasteiger charge is -2.25. The van der Waals surface area contributed by atoms with Crippen molar-refractivity contribution in [3.05, 3.63) is 0 Å². The molecule has 0 aromatic rings. The molecule has 0 aromatic carbocycles. The van der Waals surface area contributed by atoms with Crippen LogP contribution in [0.25, 0.3) is 0 Å². The standard InChI is InChI=1S/C12H19NO4/c1-8(7-9(2)14)11(15)13-6-4-5-10(13)12(16)17-3/h8,10H,4-7H2,1-3H3/t8-,10+/m1/s1. The Morgan fingerprint density at radius 2 is 2.06 bits per heavy atom. The summed E-state index contributed by atoms with van der Waals surface area (Å²) in [4.78, 5) is 36.1. The van der Waals surface area contributed by atoms with E-state index in [4.69, 9.17) is 0 Å². The largest absolute Gasteiger partial charge is 0.467 e. The highest BCUT2D eigenvalue weighted by molar-refractivity contribution is 5.89. The first kappa shape index (κ1) is 13.7. The lowest BCUT2D eigenvalue weighted by Crippen LogP contribution is -2.43. The third-order valence-corrected chi connectivity index (χ3v) is 3.02. The van der Waals surface area contributed by atoms with Gasteiger partial charge < -0.3 is 14.4 Å². The number of rotatable bonds is 4. The Bertz CT molecular complexity index is 326.